The van der Waals surface area contributed by atoms with Gasteiger partial charge in [0.15, 0.2) is 0 Å². The van der Waals surface area contributed by atoms with Gasteiger partial charge in [-0.15, -0.1) is 11.8 Å². The summed E-state index contributed by atoms with van der Waals surface area (Å²) in [6.45, 7) is 1.28. The van der Waals surface area contributed by atoms with Crippen LogP contribution in [-0.4, -0.2) is 59.5 Å². The molecule has 4 rings (SSSR count). The van der Waals surface area contributed by atoms with Crippen LogP contribution in [0.1, 0.15) is 27.1 Å². The molecule has 2 aromatic carbocycles. The van der Waals surface area contributed by atoms with Gasteiger partial charge in [-0.25, -0.2) is 4.39 Å². The summed E-state index contributed by atoms with van der Waals surface area (Å²) < 4.78 is 14.0. The number of nitrogens with zero attached hydrogens (tertiary/aromatic N) is 2. The Morgan fingerprint density at radius 3 is 2.43 bits per heavy atom. The number of thioether (sulfide) groups is 1. The minimum Gasteiger partial charge on any atom is -0.335 e. The van der Waals surface area contributed by atoms with Crippen LogP contribution in [0.3, 0.4) is 0 Å². The molecule has 0 spiro atoms. The van der Waals surface area contributed by atoms with Crippen molar-refractivity contribution in [3.63, 3.8) is 0 Å². The van der Waals surface area contributed by atoms with E-state index in [4.69, 9.17) is 11.6 Å². The lowest BCUT2D eigenvalue weighted by molar-refractivity contribution is -0.115. The fourth-order valence-corrected chi connectivity index (χ4v) is 4.59. The average molecular weight is 448 g/mol. The summed E-state index contributed by atoms with van der Waals surface area (Å²) in [5, 5.41) is 3.13. The normalized spacial score (nSPS) is 16.5. The quantitative estimate of drug-likeness (QED) is 0.764. The Labute approximate surface area is 182 Å². The highest BCUT2D eigenvalue weighted by atomic mass is 35.5. The zero-order valence-corrected chi connectivity index (χ0v) is 17.6. The second-order valence-corrected chi connectivity index (χ2v) is 8.64. The number of piperazine rings is 1. The largest absolute Gasteiger partial charge is 0.335 e. The van der Waals surface area contributed by atoms with Gasteiger partial charge in [0, 0.05) is 53.8 Å². The van der Waals surface area contributed by atoms with Gasteiger partial charge in [-0.2, -0.15) is 0 Å². The highest BCUT2D eigenvalue weighted by Gasteiger charge is 2.27. The first kappa shape index (κ1) is 20.7. The van der Waals surface area contributed by atoms with E-state index in [1.807, 2.05) is 6.07 Å². The van der Waals surface area contributed by atoms with E-state index in [9.17, 15) is 18.8 Å². The Balaban J connectivity index is 1.43. The number of amides is 3. The first-order chi connectivity index (χ1) is 14.4. The number of fused-ring (bicyclic) bond motifs is 1. The van der Waals surface area contributed by atoms with Crippen molar-refractivity contribution in [3.05, 3.63) is 58.4 Å². The van der Waals surface area contributed by atoms with Crippen LogP contribution < -0.4 is 5.32 Å². The van der Waals surface area contributed by atoms with Crippen molar-refractivity contribution in [3.8, 4) is 0 Å². The predicted octanol–water partition coefficient (Wildman–Crippen LogP) is 3.51. The third kappa shape index (κ3) is 4.29. The van der Waals surface area contributed by atoms with Gasteiger partial charge in [-0.3, -0.25) is 14.4 Å². The summed E-state index contributed by atoms with van der Waals surface area (Å²) in [5.41, 5.74) is 1.07. The molecule has 2 aliphatic heterocycles. The molecule has 2 aromatic rings. The van der Waals surface area contributed by atoms with Crippen LogP contribution in [0.25, 0.3) is 0 Å². The molecule has 1 N–H and O–H groups in total. The number of halogens is 2. The molecule has 0 aromatic heterocycles. The standard InChI is InChI=1S/C21H19ClFN3O3S/c22-14-2-3-16(23)15(12-14)21(29)26-8-6-25(7-9-26)20(28)13-1-4-18-17(11-13)24-19(27)5-10-30-18/h1-4,11-12H,5-10H2,(H,24,27). The van der Waals surface area contributed by atoms with Crippen LogP contribution in [0.4, 0.5) is 10.1 Å². The second kappa shape index (κ2) is 8.65. The molecule has 0 radical (unpaired) electrons. The van der Waals surface area contributed by atoms with E-state index in [2.05, 4.69) is 5.32 Å². The Kier molecular flexibility index (Phi) is 5.97. The highest BCUT2D eigenvalue weighted by Crippen LogP contribution is 2.32. The first-order valence-electron chi connectivity index (χ1n) is 9.52. The smallest absolute Gasteiger partial charge is 0.257 e. The van der Waals surface area contributed by atoms with E-state index in [0.29, 0.717) is 54.6 Å². The molecule has 0 unspecified atom stereocenters. The van der Waals surface area contributed by atoms with Crippen molar-refractivity contribution in [1.82, 2.24) is 9.80 Å². The van der Waals surface area contributed by atoms with Gasteiger partial charge in [-0.05, 0) is 36.4 Å². The molecule has 30 heavy (non-hydrogen) atoms. The molecule has 0 bridgehead atoms. The monoisotopic (exact) mass is 447 g/mol. The molecular formula is C21H19ClFN3O3S. The minimum absolute atomic E-state index is 0.0637. The maximum absolute atomic E-state index is 14.0. The van der Waals surface area contributed by atoms with Crippen molar-refractivity contribution in [2.75, 3.05) is 37.2 Å². The van der Waals surface area contributed by atoms with Crippen LogP contribution in [0.15, 0.2) is 41.3 Å². The zero-order valence-electron chi connectivity index (χ0n) is 16.0. The molecule has 156 valence electrons. The maximum Gasteiger partial charge on any atom is 0.257 e. The summed E-state index contributed by atoms with van der Waals surface area (Å²) in [5.74, 6) is -0.580. The molecule has 1 fully saturated rings. The molecule has 2 heterocycles. The lowest BCUT2D eigenvalue weighted by Gasteiger charge is -2.35. The van der Waals surface area contributed by atoms with Gasteiger partial charge < -0.3 is 15.1 Å². The SMILES string of the molecule is O=C1CCSc2ccc(C(=O)N3CCN(C(=O)c4cc(Cl)ccc4F)CC3)cc2N1. The fourth-order valence-electron chi connectivity index (χ4n) is 3.48. The van der Waals surface area contributed by atoms with Gasteiger partial charge in [-0.1, -0.05) is 11.6 Å². The van der Waals surface area contributed by atoms with E-state index < -0.39 is 11.7 Å². The predicted molar refractivity (Wildman–Crippen MR) is 114 cm³/mol. The molecule has 0 aliphatic carbocycles. The molecule has 0 saturated carbocycles. The number of nitrogens with one attached hydrogen (secondary N) is 1. The van der Waals surface area contributed by atoms with Crippen LogP contribution in [-0.2, 0) is 4.79 Å². The summed E-state index contributed by atoms with van der Waals surface area (Å²) in [6, 6.07) is 9.19. The van der Waals surface area contributed by atoms with Gasteiger partial charge in [0.1, 0.15) is 5.82 Å². The summed E-state index contributed by atoms with van der Waals surface area (Å²) in [6.07, 6.45) is 0.436. The van der Waals surface area contributed by atoms with E-state index in [1.165, 1.54) is 23.1 Å². The number of carbonyl (C=O) groups excluding carboxylic acids is 3. The molecule has 6 nitrogen and oxygen atoms in total. The number of rotatable bonds is 2. The average Bonchev–Trinajstić information content (AvgIpc) is 2.94. The molecule has 9 heteroatoms. The van der Waals surface area contributed by atoms with Crippen LogP contribution in [0, 0.1) is 5.82 Å². The van der Waals surface area contributed by atoms with Gasteiger partial charge >= 0.3 is 0 Å². The Bertz CT molecular complexity index is 1020. The van der Waals surface area contributed by atoms with Crippen LogP contribution >= 0.6 is 23.4 Å². The number of hydrogen-bond donors (Lipinski definition) is 1. The highest BCUT2D eigenvalue weighted by molar-refractivity contribution is 7.99. The van der Waals surface area contributed by atoms with E-state index in [0.717, 1.165) is 4.90 Å². The first-order valence-corrected chi connectivity index (χ1v) is 10.9. The number of carbonyl (C=O) groups is 3. The third-order valence-electron chi connectivity index (χ3n) is 5.10. The van der Waals surface area contributed by atoms with Gasteiger partial charge in [0.05, 0.1) is 11.3 Å². The second-order valence-electron chi connectivity index (χ2n) is 7.07. The van der Waals surface area contributed by atoms with Crippen molar-refractivity contribution in [2.24, 2.45) is 0 Å². The number of benzene rings is 2. The van der Waals surface area contributed by atoms with E-state index in [-0.39, 0.29) is 17.4 Å². The van der Waals surface area contributed by atoms with Crippen molar-refractivity contribution in [1.29, 1.82) is 0 Å². The van der Waals surface area contributed by atoms with Crippen molar-refractivity contribution >= 4 is 46.8 Å². The summed E-state index contributed by atoms with van der Waals surface area (Å²) >= 11 is 7.46. The Morgan fingerprint density at radius 1 is 1.00 bits per heavy atom. The summed E-state index contributed by atoms with van der Waals surface area (Å²) in [4.78, 5) is 41.5. The molecule has 0 atom stereocenters. The summed E-state index contributed by atoms with van der Waals surface area (Å²) in [7, 11) is 0. The van der Waals surface area contributed by atoms with Crippen molar-refractivity contribution < 1.29 is 18.8 Å². The Morgan fingerprint density at radius 2 is 1.70 bits per heavy atom. The van der Waals surface area contributed by atoms with Crippen LogP contribution in [0.2, 0.25) is 5.02 Å². The molecular weight excluding hydrogens is 429 g/mol. The van der Waals surface area contributed by atoms with Gasteiger partial charge in [0.25, 0.3) is 11.8 Å². The lowest BCUT2D eigenvalue weighted by Crippen LogP contribution is -2.50. The van der Waals surface area contributed by atoms with E-state index in [1.54, 1.807) is 28.8 Å². The van der Waals surface area contributed by atoms with Crippen molar-refractivity contribution in [2.45, 2.75) is 11.3 Å². The number of hydrogen-bond acceptors (Lipinski definition) is 4. The molecule has 2 aliphatic rings. The topological polar surface area (TPSA) is 69.7 Å². The number of anilines is 1. The molecule has 1 saturated heterocycles. The zero-order chi connectivity index (χ0) is 21.3. The Hall–Kier alpha value is -2.58. The third-order valence-corrected chi connectivity index (χ3v) is 6.41. The fraction of sp³-hybridized carbons (Fsp3) is 0.286. The molecule has 3 amide bonds. The van der Waals surface area contributed by atoms with E-state index >= 15 is 0 Å². The van der Waals surface area contributed by atoms with Crippen LogP contribution in [0.5, 0.6) is 0 Å². The lowest BCUT2D eigenvalue weighted by atomic mass is 10.1. The maximum atomic E-state index is 14.0. The minimum atomic E-state index is -0.618. The van der Waals surface area contributed by atoms with Gasteiger partial charge in [0.2, 0.25) is 5.91 Å².